The van der Waals surface area contributed by atoms with E-state index in [0.717, 1.165) is 23.4 Å². The minimum atomic E-state index is -0.0956. The number of anilines is 1. The molecule has 1 aliphatic rings. The van der Waals surface area contributed by atoms with Crippen molar-refractivity contribution in [3.8, 4) is 17.1 Å². The molecule has 6 nitrogen and oxygen atoms in total. The van der Waals surface area contributed by atoms with E-state index in [4.69, 9.17) is 9.26 Å². The number of carbonyl (C=O) groups excluding carboxylic acids is 1. The summed E-state index contributed by atoms with van der Waals surface area (Å²) in [6.07, 6.45) is 3.81. The van der Waals surface area contributed by atoms with Crippen molar-refractivity contribution in [2.24, 2.45) is 0 Å². The summed E-state index contributed by atoms with van der Waals surface area (Å²) in [5.41, 5.74) is 3.08. The molecule has 0 saturated carbocycles. The van der Waals surface area contributed by atoms with E-state index in [-0.39, 0.29) is 11.8 Å². The molecule has 2 heterocycles. The Morgan fingerprint density at radius 2 is 1.90 bits per heavy atom. The number of nitrogens with zero attached hydrogens (tertiary/aromatic N) is 3. The highest BCUT2D eigenvalue weighted by atomic mass is 16.5. The summed E-state index contributed by atoms with van der Waals surface area (Å²) in [6.45, 7) is 2.74. The van der Waals surface area contributed by atoms with Gasteiger partial charge in [-0.1, -0.05) is 30.6 Å². The minimum absolute atomic E-state index is 0.0838. The summed E-state index contributed by atoms with van der Waals surface area (Å²) >= 11 is 0. The molecule has 0 spiro atoms. The predicted molar refractivity (Wildman–Crippen MR) is 111 cm³/mol. The number of ether oxygens (including phenoxy) is 1. The Morgan fingerprint density at radius 3 is 2.59 bits per heavy atom. The third-order valence-electron chi connectivity index (χ3n) is 5.33. The van der Waals surface area contributed by atoms with Crippen molar-refractivity contribution in [3.05, 3.63) is 60.0 Å². The van der Waals surface area contributed by atoms with Crippen molar-refractivity contribution in [1.29, 1.82) is 0 Å². The van der Waals surface area contributed by atoms with Crippen molar-refractivity contribution in [2.75, 3.05) is 18.6 Å². The first-order valence-corrected chi connectivity index (χ1v) is 10.0. The molecule has 29 heavy (non-hydrogen) atoms. The van der Waals surface area contributed by atoms with Crippen LogP contribution in [-0.4, -0.2) is 29.7 Å². The van der Waals surface area contributed by atoms with Crippen molar-refractivity contribution >= 4 is 11.6 Å². The average molecular weight is 391 g/mol. The van der Waals surface area contributed by atoms with Crippen molar-refractivity contribution < 1.29 is 14.1 Å². The van der Waals surface area contributed by atoms with E-state index < -0.39 is 0 Å². The third kappa shape index (κ3) is 4.16. The Morgan fingerprint density at radius 1 is 1.14 bits per heavy atom. The number of hydrogen-bond acceptors (Lipinski definition) is 5. The molecule has 1 amide bonds. The number of unbranched alkanes of at least 4 members (excludes halogenated alkanes) is 1. The number of aryl methyl sites for hydroxylation is 1. The SMILES string of the molecule is CCCCc1ccc(N2CC(c3nc(-c4ccc(OC)cc4)no3)CC2=O)cc1. The second-order valence-electron chi connectivity index (χ2n) is 7.36. The van der Waals surface area contributed by atoms with Crippen molar-refractivity contribution in [3.63, 3.8) is 0 Å². The maximum atomic E-state index is 12.6. The Labute approximate surface area is 170 Å². The van der Waals surface area contributed by atoms with Crippen LogP contribution in [0.1, 0.15) is 43.6 Å². The van der Waals surface area contributed by atoms with Crippen LogP contribution in [0.5, 0.6) is 5.75 Å². The molecule has 1 aliphatic heterocycles. The van der Waals surface area contributed by atoms with E-state index in [1.807, 2.05) is 41.3 Å². The highest BCUT2D eigenvalue weighted by molar-refractivity contribution is 5.96. The average Bonchev–Trinajstić information content (AvgIpc) is 3.40. The van der Waals surface area contributed by atoms with Gasteiger partial charge in [0, 0.05) is 24.2 Å². The maximum absolute atomic E-state index is 12.6. The van der Waals surface area contributed by atoms with Gasteiger partial charge < -0.3 is 14.2 Å². The van der Waals surface area contributed by atoms with Gasteiger partial charge in [-0.15, -0.1) is 0 Å². The molecule has 0 bridgehead atoms. The monoisotopic (exact) mass is 391 g/mol. The first-order chi connectivity index (χ1) is 14.2. The number of aromatic nitrogens is 2. The van der Waals surface area contributed by atoms with Gasteiger partial charge in [-0.2, -0.15) is 4.98 Å². The largest absolute Gasteiger partial charge is 0.497 e. The summed E-state index contributed by atoms with van der Waals surface area (Å²) < 4.78 is 10.7. The molecule has 150 valence electrons. The molecule has 2 aromatic carbocycles. The van der Waals surface area contributed by atoms with E-state index in [9.17, 15) is 4.79 Å². The molecular formula is C23H25N3O3. The standard InChI is InChI=1S/C23H25N3O3/c1-3-4-5-16-6-10-19(11-7-16)26-15-18(14-21(26)27)23-24-22(25-29-23)17-8-12-20(28-2)13-9-17/h6-13,18H,3-5,14-15H2,1-2H3. The predicted octanol–water partition coefficient (Wildman–Crippen LogP) is 4.61. The molecule has 1 atom stereocenters. The van der Waals surface area contributed by atoms with Crippen LogP contribution in [0, 0.1) is 0 Å². The van der Waals surface area contributed by atoms with Crippen LogP contribution in [0.2, 0.25) is 0 Å². The first-order valence-electron chi connectivity index (χ1n) is 10.0. The molecule has 1 fully saturated rings. The van der Waals surface area contributed by atoms with E-state index in [0.29, 0.717) is 24.7 Å². The minimum Gasteiger partial charge on any atom is -0.497 e. The Kier molecular flexibility index (Phi) is 5.60. The Bertz CT molecular complexity index is 964. The summed E-state index contributed by atoms with van der Waals surface area (Å²) in [5.74, 6) is 1.79. The van der Waals surface area contributed by atoms with Gasteiger partial charge in [-0.3, -0.25) is 4.79 Å². The summed E-state index contributed by atoms with van der Waals surface area (Å²) in [6, 6.07) is 15.8. The van der Waals surface area contributed by atoms with Crippen LogP contribution in [0.3, 0.4) is 0 Å². The quantitative estimate of drug-likeness (QED) is 0.588. The third-order valence-corrected chi connectivity index (χ3v) is 5.33. The van der Waals surface area contributed by atoms with Gasteiger partial charge >= 0.3 is 0 Å². The molecule has 0 aliphatic carbocycles. The number of carbonyl (C=O) groups is 1. The Balaban J connectivity index is 1.46. The van der Waals surface area contributed by atoms with Gasteiger partial charge in [0.05, 0.1) is 13.0 Å². The van der Waals surface area contributed by atoms with E-state index >= 15 is 0 Å². The van der Waals surface area contributed by atoms with Crippen molar-refractivity contribution in [2.45, 2.75) is 38.5 Å². The second-order valence-corrected chi connectivity index (χ2v) is 7.36. The normalized spacial score (nSPS) is 16.4. The van der Waals surface area contributed by atoms with E-state index in [1.165, 1.54) is 18.4 Å². The molecular weight excluding hydrogens is 366 g/mol. The fourth-order valence-electron chi connectivity index (χ4n) is 3.60. The fraction of sp³-hybridized carbons (Fsp3) is 0.348. The highest BCUT2D eigenvalue weighted by Crippen LogP contribution is 2.32. The molecule has 0 radical (unpaired) electrons. The van der Waals surface area contributed by atoms with Crippen molar-refractivity contribution in [1.82, 2.24) is 10.1 Å². The number of amides is 1. The van der Waals surface area contributed by atoms with Gasteiger partial charge in [0.25, 0.3) is 0 Å². The van der Waals surface area contributed by atoms with E-state index in [1.54, 1.807) is 7.11 Å². The van der Waals surface area contributed by atoms with Crippen LogP contribution < -0.4 is 9.64 Å². The molecule has 6 heteroatoms. The van der Waals surface area contributed by atoms with Crippen LogP contribution in [-0.2, 0) is 11.2 Å². The highest BCUT2D eigenvalue weighted by Gasteiger charge is 2.35. The number of rotatable bonds is 7. The lowest BCUT2D eigenvalue weighted by Gasteiger charge is -2.16. The molecule has 1 aromatic heterocycles. The lowest BCUT2D eigenvalue weighted by Crippen LogP contribution is -2.24. The van der Waals surface area contributed by atoms with Crippen LogP contribution in [0.4, 0.5) is 5.69 Å². The summed E-state index contributed by atoms with van der Waals surface area (Å²) in [7, 11) is 1.63. The molecule has 3 aromatic rings. The molecule has 0 N–H and O–H groups in total. The topological polar surface area (TPSA) is 68.5 Å². The maximum Gasteiger partial charge on any atom is 0.232 e. The van der Waals surface area contributed by atoms with Crippen LogP contribution in [0.25, 0.3) is 11.4 Å². The molecule has 1 unspecified atom stereocenters. The zero-order valence-electron chi connectivity index (χ0n) is 16.8. The zero-order chi connectivity index (χ0) is 20.2. The number of benzene rings is 2. The molecule has 1 saturated heterocycles. The summed E-state index contributed by atoms with van der Waals surface area (Å²) in [5, 5.41) is 4.09. The van der Waals surface area contributed by atoms with Gasteiger partial charge in [-0.25, -0.2) is 0 Å². The lowest BCUT2D eigenvalue weighted by atomic mass is 10.1. The number of hydrogen-bond donors (Lipinski definition) is 0. The van der Waals surface area contributed by atoms with Gasteiger partial charge in [-0.05, 0) is 54.8 Å². The van der Waals surface area contributed by atoms with Crippen LogP contribution in [0.15, 0.2) is 53.1 Å². The van der Waals surface area contributed by atoms with Gasteiger partial charge in [0.2, 0.25) is 17.6 Å². The van der Waals surface area contributed by atoms with Gasteiger partial charge in [0.15, 0.2) is 0 Å². The van der Waals surface area contributed by atoms with Gasteiger partial charge in [0.1, 0.15) is 5.75 Å². The zero-order valence-corrected chi connectivity index (χ0v) is 16.8. The smallest absolute Gasteiger partial charge is 0.232 e. The fourth-order valence-corrected chi connectivity index (χ4v) is 3.60. The van der Waals surface area contributed by atoms with Crippen LogP contribution >= 0.6 is 0 Å². The lowest BCUT2D eigenvalue weighted by molar-refractivity contribution is -0.117. The summed E-state index contributed by atoms with van der Waals surface area (Å²) in [4.78, 5) is 18.9. The number of methoxy groups -OCH3 is 1. The second kappa shape index (κ2) is 8.47. The first kappa shape index (κ1) is 19.2. The molecule has 4 rings (SSSR count). The Hall–Kier alpha value is -3.15. The van der Waals surface area contributed by atoms with E-state index in [2.05, 4.69) is 29.2 Å².